The summed E-state index contributed by atoms with van der Waals surface area (Å²) in [5.74, 6) is -3.67. The van der Waals surface area contributed by atoms with Crippen molar-refractivity contribution in [3.05, 3.63) is 65.7 Å². The van der Waals surface area contributed by atoms with Crippen molar-refractivity contribution in [3.63, 3.8) is 0 Å². The van der Waals surface area contributed by atoms with E-state index in [1.54, 1.807) is 0 Å². The van der Waals surface area contributed by atoms with E-state index < -0.39 is 69.9 Å². The molecule has 3 aromatic rings. The number of aromatic hydroxyl groups is 1. The van der Waals surface area contributed by atoms with Crippen molar-refractivity contribution in [1.29, 1.82) is 0 Å². The minimum absolute atomic E-state index is 0.169. The molecule has 6 N–H and O–H groups in total. The largest absolute Gasteiger partial charge is 0.504 e. The van der Waals surface area contributed by atoms with Crippen LogP contribution in [0.1, 0.15) is 15.9 Å². The fraction of sp³-hybridized carbons (Fsp3) is 0.130. The maximum absolute atomic E-state index is 12.8. The van der Waals surface area contributed by atoms with Crippen molar-refractivity contribution in [1.82, 2.24) is 0 Å². The molecule has 0 fully saturated rings. The smallest absolute Gasteiger partial charge is 0.397 e. The standard InChI is InChI=1S/C23H22N4O16S4/c1-40-14-4-2-13(3-5-14)22(26-24-18-10-15(44-43-42-31)6-7-17(18)23(29)30)27-25-19-11-16(12-20(21(19)28)46(34,35)36)45(32,33)9-8-41-47(37,38)39/h2-7,10-12,25,28,31H,8-9H2,1H3,(H,29,30)(H,34,35,36)(H,37,38,39). The van der Waals surface area contributed by atoms with Gasteiger partial charge in [-0.15, -0.1) is 14.6 Å². The Balaban J connectivity index is 2.14. The van der Waals surface area contributed by atoms with Crippen LogP contribution in [0.15, 0.2) is 84.6 Å². The number of phenolic OH excluding ortho intramolecular Hbond substituents is 1. The molecule has 24 heteroatoms. The van der Waals surface area contributed by atoms with Gasteiger partial charge in [0.25, 0.3) is 10.1 Å². The highest BCUT2D eigenvalue weighted by Crippen LogP contribution is 2.35. The minimum atomic E-state index is -5.27. The second-order valence-corrected chi connectivity index (χ2v) is 13.9. The van der Waals surface area contributed by atoms with Gasteiger partial charge in [-0.2, -0.15) is 21.9 Å². The number of azo groups is 1. The summed E-state index contributed by atoms with van der Waals surface area (Å²) < 4.78 is 103. The van der Waals surface area contributed by atoms with Gasteiger partial charge in [0.05, 0.1) is 42.0 Å². The molecule has 3 aromatic carbocycles. The molecule has 0 unspecified atom stereocenters. The molecular weight excluding hydrogens is 717 g/mol. The average Bonchev–Trinajstić information content (AvgIpc) is 2.99. The number of aromatic carboxylic acids is 1. The number of hydrogen-bond acceptors (Lipinski definition) is 17. The molecule has 0 aliphatic carbocycles. The number of hydrazone groups is 1. The first kappa shape index (κ1) is 37.2. The number of anilines is 1. The van der Waals surface area contributed by atoms with Gasteiger partial charge in [0, 0.05) is 10.5 Å². The second kappa shape index (κ2) is 15.6. The fourth-order valence-electron chi connectivity index (χ4n) is 3.39. The lowest BCUT2D eigenvalue weighted by molar-refractivity contribution is -0.432. The third-order valence-corrected chi connectivity index (χ3v) is 9.08. The number of carboxylic acids is 1. The third kappa shape index (κ3) is 10.6. The number of ether oxygens (including phenoxy) is 1. The second-order valence-electron chi connectivity index (χ2n) is 8.55. The first-order valence-corrected chi connectivity index (χ1v) is 17.3. The molecule has 0 aliphatic heterocycles. The summed E-state index contributed by atoms with van der Waals surface area (Å²) in [5.41, 5.74) is 1.08. The molecule has 254 valence electrons. The maximum atomic E-state index is 12.8. The molecule has 47 heavy (non-hydrogen) atoms. The molecule has 3 rings (SSSR count). The molecular formula is C23H22N4O16S4. The maximum Gasteiger partial charge on any atom is 0.397 e. The van der Waals surface area contributed by atoms with Crippen LogP contribution in [0.5, 0.6) is 11.5 Å². The van der Waals surface area contributed by atoms with Gasteiger partial charge < -0.3 is 14.9 Å². The topological polar surface area (TPSA) is 307 Å². The van der Waals surface area contributed by atoms with Crippen molar-refractivity contribution < 1.29 is 72.9 Å². The monoisotopic (exact) mass is 738 g/mol. The molecule has 0 saturated heterocycles. The predicted molar refractivity (Wildman–Crippen MR) is 159 cm³/mol. The number of sulfone groups is 1. The van der Waals surface area contributed by atoms with Crippen LogP contribution in [0, 0.1) is 0 Å². The van der Waals surface area contributed by atoms with Crippen molar-refractivity contribution in [2.24, 2.45) is 15.3 Å². The molecule has 0 aliphatic rings. The van der Waals surface area contributed by atoms with E-state index in [2.05, 4.69) is 34.3 Å². The van der Waals surface area contributed by atoms with E-state index in [4.69, 9.17) is 14.5 Å². The van der Waals surface area contributed by atoms with Crippen LogP contribution in [-0.2, 0) is 43.9 Å². The zero-order valence-electron chi connectivity index (χ0n) is 23.3. The van der Waals surface area contributed by atoms with E-state index in [0.717, 1.165) is 6.07 Å². The summed E-state index contributed by atoms with van der Waals surface area (Å²) in [6.45, 7) is -1.08. The zero-order valence-corrected chi connectivity index (χ0v) is 26.6. The fourth-order valence-corrected chi connectivity index (χ4v) is 6.02. The van der Waals surface area contributed by atoms with Gasteiger partial charge in [-0.25, -0.2) is 22.7 Å². The number of benzene rings is 3. The molecule has 0 heterocycles. The molecule has 0 aromatic heterocycles. The lowest BCUT2D eigenvalue weighted by Crippen LogP contribution is -2.16. The summed E-state index contributed by atoms with van der Waals surface area (Å²) in [6.07, 6.45) is 0. The van der Waals surface area contributed by atoms with E-state index in [1.165, 1.54) is 43.5 Å². The summed E-state index contributed by atoms with van der Waals surface area (Å²) >= 11 is 0.492. The van der Waals surface area contributed by atoms with Gasteiger partial charge in [-0.05, 0) is 54.6 Å². The van der Waals surface area contributed by atoms with Gasteiger partial charge in [0.2, 0.25) is 5.84 Å². The summed E-state index contributed by atoms with van der Waals surface area (Å²) in [7, 11) is -13.5. The normalized spacial score (nSPS) is 12.7. The first-order chi connectivity index (χ1) is 21.9. The highest BCUT2D eigenvalue weighted by atomic mass is 32.3. The Hall–Kier alpha value is -4.24. The molecule has 0 bridgehead atoms. The number of hydrogen-bond donors (Lipinski definition) is 6. The number of rotatable bonds is 15. The molecule has 20 nitrogen and oxygen atoms in total. The number of nitrogens with one attached hydrogen (secondary N) is 1. The SMILES string of the molecule is COc1ccc(C(N=Nc2cc(SOOO)ccc2C(=O)O)=NNc2cc(S(=O)(=O)CCOS(=O)(=O)O)cc(S(=O)(=O)O)c2O)cc1. The number of carboxylic acid groups (broad SMARTS) is 1. The Morgan fingerprint density at radius 3 is 2.23 bits per heavy atom. The van der Waals surface area contributed by atoms with Crippen molar-refractivity contribution in [3.8, 4) is 11.5 Å². The summed E-state index contributed by atoms with van der Waals surface area (Å²) in [6, 6.07) is 10.5. The molecule has 0 saturated carbocycles. The average molecular weight is 739 g/mol. The Bertz CT molecular complexity index is 2020. The van der Waals surface area contributed by atoms with Crippen molar-refractivity contribution in [2.75, 3.05) is 24.9 Å². The lowest BCUT2D eigenvalue weighted by Gasteiger charge is -2.12. The summed E-state index contributed by atoms with van der Waals surface area (Å²) in [4.78, 5) is 9.83. The van der Waals surface area contributed by atoms with Crippen LogP contribution in [0.3, 0.4) is 0 Å². The third-order valence-electron chi connectivity index (χ3n) is 5.51. The number of carbonyl (C=O) groups is 1. The van der Waals surface area contributed by atoms with E-state index >= 15 is 0 Å². The van der Waals surface area contributed by atoms with Gasteiger partial charge in [0.1, 0.15) is 22.0 Å². The Kier molecular flexibility index (Phi) is 12.3. The highest BCUT2D eigenvalue weighted by molar-refractivity contribution is 7.94. The van der Waals surface area contributed by atoms with Gasteiger partial charge >= 0.3 is 16.4 Å². The molecule has 0 radical (unpaired) electrons. The van der Waals surface area contributed by atoms with E-state index in [1.807, 2.05) is 0 Å². The predicted octanol–water partition coefficient (Wildman–Crippen LogP) is 2.92. The van der Waals surface area contributed by atoms with Gasteiger partial charge in [-0.3, -0.25) is 14.5 Å². The van der Waals surface area contributed by atoms with E-state index in [-0.39, 0.29) is 27.5 Å². The quantitative estimate of drug-likeness (QED) is 0.0191. The molecule has 0 spiro atoms. The molecule has 0 amide bonds. The van der Waals surface area contributed by atoms with Crippen molar-refractivity contribution >= 4 is 65.6 Å². The minimum Gasteiger partial charge on any atom is -0.504 e. The number of nitrogens with zero attached hydrogens (tertiary/aromatic N) is 3. The van der Waals surface area contributed by atoms with Crippen LogP contribution < -0.4 is 10.2 Å². The Morgan fingerprint density at radius 2 is 1.66 bits per heavy atom. The highest BCUT2D eigenvalue weighted by Gasteiger charge is 2.26. The van der Waals surface area contributed by atoms with E-state index in [9.17, 15) is 44.8 Å². The Labute approximate surface area is 270 Å². The molecule has 0 atom stereocenters. The number of methoxy groups -OCH3 is 1. The number of amidine groups is 1. The van der Waals surface area contributed by atoms with Gasteiger partial charge in [-0.1, -0.05) is 5.04 Å². The number of phenols is 1. The summed E-state index contributed by atoms with van der Waals surface area (Å²) in [5, 5.41) is 43.9. The Morgan fingerprint density at radius 1 is 0.979 bits per heavy atom. The van der Waals surface area contributed by atoms with Crippen LogP contribution >= 0.6 is 12.0 Å². The lowest BCUT2D eigenvalue weighted by atomic mass is 10.2. The van der Waals surface area contributed by atoms with Crippen LogP contribution in [0.25, 0.3) is 0 Å². The van der Waals surface area contributed by atoms with Crippen LogP contribution in [0.4, 0.5) is 11.4 Å². The van der Waals surface area contributed by atoms with Crippen LogP contribution in [0.2, 0.25) is 0 Å². The zero-order chi connectivity index (χ0) is 35.0. The first-order valence-electron chi connectivity index (χ1n) is 12.1. The van der Waals surface area contributed by atoms with Crippen molar-refractivity contribution in [2.45, 2.75) is 14.7 Å². The van der Waals surface area contributed by atoms with E-state index in [0.29, 0.717) is 29.9 Å². The van der Waals surface area contributed by atoms with Crippen LogP contribution in [-0.4, -0.2) is 81.1 Å². The van der Waals surface area contributed by atoms with Gasteiger partial charge in [0.15, 0.2) is 15.6 Å².